The first-order chi connectivity index (χ1) is 9.79. The molecule has 0 aromatic heterocycles. The lowest BCUT2D eigenvalue weighted by atomic mass is 9.32. The van der Waals surface area contributed by atoms with E-state index in [1.165, 1.54) is 0 Å². The van der Waals surface area contributed by atoms with E-state index in [4.69, 9.17) is 0 Å². The van der Waals surface area contributed by atoms with Crippen LogP contribution in [0.1, 0.15) is 60.8 Å². The van der Waals surface area contributed by atoms with Gasteiger partial charge in [-0.15, -0.1) is 0 Å². The fourth-order valence-corrected chi connectivity index (χ4v) is 5.07. The van der Waals surface area contributed by atoms with Crippen LogP contribution in [0.4, 0.5) is 0 Å². The molecular formula is C17H29BrO4. The molecule has 0 aromatic carbocycles. The van der Waals surface area contributed by atoms with E-state index in [-0.39, 0.29) is 17.8 Å². The summed E-state index contributed by atoms with van der Waals surface area (Å²) in [7, 11) is 0. The molecule has 4 nitrogen and oxygen atoms in total. The van der Waals surface area contributed by atoms with Crippen molar-refractivity contribution in [3.8, 4) is 0 Å². The predicted octanol–water partition coefficient (Wildman–Crippen LogP) is 4.42. The van der Waals surface area contributed by atoms with Crippen molar-refractivity contribution in [1.29, 1.82) is 0 Å². The van der Waals surface area contributed by atoms with Crippen LogP contribution in [0.15, 0.2) is 0 Å². The molecule has 1 aliphatic rings. The van der Waals surface area contributed by atoms with Gasteiger partial charge in [0.15, 0.2) is 5.41 Å². The molecule has 0 aromatic rings. The monoisotopic (exact) mass is 376 g/mol. The predicted molar refractivity (Wildman–Crippen MR) is 90.2 cm³/mol. The summed E-state index contributed by atoms with van der Waals surface area (Å²) >= 11 is 3.41. The maximum atomic E-state index is 12.1. The van der Waals surface area contributed by atoms with Gasteiger partial charge in [-0.3, -0.25) is 9.59 Å². The molecule has 5 heteroatoms. The fraction of sp³-hybridized carbons (Fsp3) is 0.882. The largest absolute Gasteiger partial charge is 0.480 e. The SMILES string of the molecule is CC(C)(C)C1CC(C(=O)O)(C(=O)O)C1(CCCBr)C(C)(C)C. The minimum absolute atomic E-state index is 0.0613. The molecule has 0 aliphatic heterocycles. The molecule has 1 fully saturated rings. The van der Waals surface area contributed by atoms with Crippen LogP contribution in [0.2, 0.25) is 0 Å². The molecule has 0 saturated heterocycles. The van der Waals surface area contributed by atoms with Crippen molar-refractivity contribution in [2.75, 3.05) is 5.33 Å². The maximum absolute atomic E-state index is 12.1. The van der Waals surface area contributed by atoms with Gasteiger partial charge in [0.05, 0.1) is 0 Å². The molecule has 0 heterocycles. The highest BCUT2D eigenvalue weighted by Crippen LogP contribution is 2.74. The third-order valence-corrected chi connectivity index (χ3v) is 6.25. The minimum Gasteiger partial charge on any atom is -0.480 e. The standard InChI is InChI=1S/C17H29BrO4/c1-14(2,3)11-10-16(12(19)20,13(21)22)17(11,8-7-9-18)15(4,5)6/h11H,7-10H2,1-6H3,(H,19,20)(H,21,22). The average Bonchev–Trinajstić information content (AvgIpc) is 2.23. The molecule has 0 bridgehead atoms. The summed E-state index contributed by atoms with van der Waals surface area (Å²) in [5.41, 5.74) is -2.99. The lowest BCUT2D eigenvalue weighted by Gasteiger charge is -2.69. The average molecular weight is 377 g/mol. The zero-order valence-corrected chi connectivity index (χ0v) is 16.1. The summed E-state index contributed by atoms with van der Waals surface area (Å²) in [6, 6.07) is 0. The van der Waals surface area contributed by atoms with Crippen molar-refractivity contribution in [2.45, 2.75) is 60.8 Å². The molecule has 0 radical (unpaired) electrons. The third kappa shape index (κ3) is 2.49. The summed E-state index contributed by atoms with van der Waals surface area (Å²) in [6.45, 7) is 12.2. The number of halogens is 1. The molecular weight excluding hydrogens is 348 g/mol. The smallest absolute Gasteiger partial charge is 0.321 e. The molecule has 128 valence electrons. The Morgan fingerprint density at radius 1 is 1.09 bits per heavy atom. The number of rotatable bonds is 5. The zero-order valence-electron chi connectivity index (χ0n) is 14.5. The Labute approximate surface area is 141 Å². The number of alkyl halides is 1. The van der Waals surface area contributed by atoms with E-state index in [1.807, 2.05) is 20.8 Å². The van der Waals surface area contributed by atoms with Crippen LogP contribution >= 0.6 is 15.9 Å². The number of hydrogen-bond donors (Lipinski definition) is 2. The van der Waals surface area contributed by atoms with Gasteiger partial charge in [0, 0.05) is 10.7 Å². The Morgan fingerprint density at radius 2 is 1.55 bits per heavy atom. The lowest BCUT2D eigenvalue weighted by molar-refractivity contribution is -0.253. The van der Waals surface area contributed by atoms with E-state index < -0.39 is 28.2 Å². The quantitative estimate of drug-likeness (QED) is 0.550. The van der Waals surface area contributed by atoms with Gasteiger partial charge in [0.1, 0.15) is 0 Å². The molecule has 1 rings (SSSR count). The molecule has 0 amide bonds. The van der Waals surface area contributed by atoms with Crippen LogP contribution < -0.4 is 0 Å². The van der Waals surface area contributed by atoms with Gasteiger partial charge >= 0.3 is 11.9 Å². The Hall–Kier alpha value is -0.580. The molecule has 22 heavy (non-hydrogen) atoms. The van der Waals surface area contributed by atoms with Gasteiger partial charge in [-0.1, -0.05) is 57.5 Å². The van der Waals surface area contributed by atoms with E-state index in [0.29, 0.717) is 6.42 Å². The second-order valence-corrected chi connectivity index (χ2v) is 9.45. The first-order valence-electron chi connectivity index (χ1n) is 7.82. The first kappa shape index (κ1) is 19.5. The third-order valence-electron chi connectivity index (χ3n) is 5.69. The van der Waals surface area contributed by atoms with Crippen LogP contribution in [0.25, 0.3) is 0 Å². The van der Waals surface area contributed by atoms with E-state index in [0.717, 1.165) is 11.8 Å². The summed E-state index contributed by atoms with van der Waals surface area (Å²) in [6.07, 6.45) is 1.58. The summed E-state index contributed by atoms with van der Waals surface area (Å²) in [5.74, 6) is -2.32. The van der Waals surface area contributed by atoms with Crippen molar-refractivity contribution in [1.82, 2.24) is 0 Å². The van der Waals surface area contributed by atoms with Crippen LogP contribution in [0.5, 0.6) is 0 Å². The fourth-order valence-electron chi connectivity index (χ4n) is 4.79. The van der Waals surface area contributed by atoms with E-state index in [1.54, 1.807) is 0 Å². The number of carboxylic acids is 2. The van der Waals surface area contributed by atoms with E-state index >= 15 is 0 Å². The highest BCUT2D eigenvalue weighted by atomic mass is 79.9. The van der Waals surface area contributed by atoms with Gasteiger partial charge in [-0.2, -0.15) is 0 Å². The van der Waals surface area contributed by atoms with Crippen LogP contribution in [-0.4, -0.2) is 27.5 Å². The van der Waals surface area contributed by atoms with Gasteiger partial charge in [0.25, 0.3) is 0 Å². The highest BCUT2D eigenvalue weighted by molar-refractivity contribution is 9.09. The Balaban J connectivity index is 3.61. The van der Waals surface area contributed by atoms with E-state index in [9.17, 15) is 19.8 Å². The number of carboxylic acid groups (broad SMARTS) is 2. The number of carbonyl (C=O) groups is 2. The van der Waals surface area contributed by atoms with Crippen LogP contribution in [0, 0.1) is 27.6 Å². The normalized spacial score (nSPS) is 28.0. The zero-order chi connectivity index (χ0) is 17.6. The van der Waals surface area contributed by atoms with Gasteiger partial charge in [-0.25, -0.2) is 0 Å². The second kappa shape index (κ2) is 5.81. The Bertz CT molecular complexity index is 444. The van der Waals surface area contributed by atoms with Crippen molar-refractivity contribution in [3.05, 3.63) is 0 Å². The summed E-state index contributed by atoms with van der Waals surface area (Å²) in [5, 5.41) is 20.4. The first-order valence-corrected chi connectivity index (χ1v) is 8.94. The van der Waals surface area contributed by atoms with Gasteiger partial charge in [-0.05, 0) is 36.0 Å². The van der Waals surface area contributed by atoms with Crippen molar-refractivity contribution in [2.24, 2.45) is 27.6 Å². The van der Waals surface area contributed by atoms with Crippen molar-refractivity contribution < 1.29 is 19.8 Å². The summed E-state index contributed by atoms with van der Waals surface area (Å²) < 4.78 is 0. The Morgan fingerprint density at radius 3 is 1.82 bits per heavy atom. The maximum Gasteiger partial charge on any atom is 0.321 e. The molecule has 1 aliphatic carbocycles. The number of aliphatic carboxylic acids is 2. The van der Waals surface area contributed by atoms with Crippen molar-refractivity contribution >= 4 is 27.9 Å². The second-order valence-electron chi connectivity index (χ2n) is 8.65. The van der Waals surface area contributed by atoms with Gasteiger partial charge < -0.3 is 10.2 Å². The van der Waals surface area contributed by atoms with Crippen LogP contribution in [-0.2, 0) is 9.59 Å². The molecule has 2 unspecified atom stereocenters. The molecule has 2 atom stereocenters. The highest BCUT2D eigenvalue weighted by Gasteiger charge is 2.78. The number of hydrogen-bond acceptors (Lipinski definition) is 2. The van der Waals surface area contributed by atoms with Crippen molar-refractivity contribution in [3.63, 3.8) is 0 Å². The summed E-state index contributed by atoms with van der Waals surface area (Å²) in [4.78, 5) is 24.1. The van der Waals surface area contributed by atoms with E-state index in [2.05, 4.69) is 36.7 Å². The minimum atomic E-state index is -1.69. The Kier molecular flexibility index (Phi) is 5.14. The molecule has 0 spiro atoms. The topological polar surface area (TPSA) is 74.6 Å². The van der Waals surface area contributed by atoms with Crippen LogP contribution in [0.3, 0.4) is 0 Å². The molecule has 1 saturated carbocycles. The lowest BCUT2D eigenvalue weighted by Crippen LogP contribution is -2.73. The molecule has 2 N–H and O–H groups in total. The van der Waals surface area contributed by atoms with Gasteiger partial charge in [0.2, 0.25) is 0 Å².